The Labute approximate surface area is 137 Å². The van der Waals surface area contributed by atoms with Crippen LogP contribution in [0, 0.1) is 0 Å². The molecule has 0 unspecified atom stereocenters. The van der Waals surface area contributed by atoms with Crippen molar-refractivity contribution in [2.45, 2.75) is 30.5 Å². The van der Waals surface area contributed by atoms with Gasteiger partial charge in [-0.2, -0.15) is 0 Å². The maximum Gasteiger partial charge on any atom is 0.275 e. The first-order valence-corrected chi connectivity index (χ1v) is 8.56. The monoisotopic (exact) mass is 341 g/mol. The number of hydrogen-bond acceptors (Lipinski definition) is 5. The van der Waals surface area contributed by atoms with E-state index >= 15 is 0 Å². The first-order valence-electron chi connectivity index (χ1n) is 6.42. The largest absolute Gasteiger partial charge is 0.325 e. The molecule has 21 heavy (non-hydrogen) atoms. The number of rotatable bonds is 5. The lowest BCUT2D eigenvalue weighted by atomic mass is 10.3. The second kappa shape index (κ2) is 7.26. The molecule has 3 N–H and O–H groups in total. The number of aromatic nitrogens is 1. The van der Waals surface area contributed by atoms with Gasteiger partial charge in [-0.05, 0) is 12.1 Å². The summed E-state index contributed by atoms with van der Waals surface area (Å²) in [5.74, 6) is -0.251. The summed E-state index contributed by atoms with van der Waals surface area (Å²) in [6.45, 7) is 4.49. The molecule has 7 heteroatoms. The Hall–Kier alpha value is -1.08. The maximum absolute atomic E-state index is 12.2. The molecule has 0 aliphatic rings. The average molecular weight is 342 g/mol. The Morgan fingerprint density at radius 3 is 2.90 bits per heavy atom. The molecule has 1 aromatic heterocycles. The molecule has 0 spiro atoms. The van der Waals surface area contributed by atoms with Gasteiger partial charge in [-0.3, -0.25) is 4.79 Å². The molecule has 0 aliphatic heterocycles. The van der Waals surface area contributed by atoms with Gasteiger partial charge in [0.2, 0.25) is 0 Å². The van der Waals surface area contributed by atoms with E-state index in [4.69, 9.17) is 17.3 Å². The highest BCUT2D eigenvalue weighted by Crippen LogP contribution is 2.36. The third-order valence-corrected chi connectivity index (χ3v) is 4.97. The molecule has 2 rings (SSSR count). The Morgan fingerprint density at radius 2 is 2.29 bits per heavy atom. The zero-order chi connectivity index (χ0) is 15.4. The van der Waals surface area contributed by atoms with Gasteiger partial charge in [-0.15, -0.1) is 23.1 Å². The zero-order valence-corrected chi connectivity index (χ0v) is 14.1. The molecule has 0 atom stereocenters. The Kier molecular flexibility index (Phi) is 5.64. The van der Waals surface area contributed by atoms with Crippen molar-refractivity contribution in [2.75, 3.05) is 5.32 Å². The Bertz CT molecular complexity index is 643. The van der Waals surface area contributed by atoms with Crippen molar-refractivity contribution in [3.63, 3.8) is 0 Å². The standard InChI is InChI=1S/C14H16ClN3OS2/c1-8(2)21-13-9(15)4-3-5-10(13)18-14(19)11-7-20-12(6-16)17-11/h3-5,7-8H,6,16H2,1-2H3,(H,18,19). The lowest BCUT2D eigenvalue weighted by Crippen LogP contribution is -2.13. The topological polar surface area (TPSA) is 68.0 Å². The number of carbonyl (C=O) groups excluding carboxylic acids is 1. The highest BCUT2D eigenvalue weighted by atomic mass is 35.5. The van der Waals surface area contributed by atoms with Crippen molar-refractivity contribution in [1.29, 1.82) is 0 Å². The third-order valence-electron chi connectivity index (χ3n) is 2.53. The van der Waals surface area contributed by atoms with Gasteiger partial charge in [0, 0.05) is 22.1 Å². The van der Waals surface area contributed by atoms with Crippen LogP contribution in [-0.4, -0.2) is 16.1 Å². The number of thiazole rings is 1. The van der Waals surface area contributed by atoms with Crippen LogP contribution in [0.5, 0.6) is 0 Å². The predicted octanol–water partition coefficient (Wildman–Crippen LogP) is 4.01. The van der Waals surface area contributed by atoms with Crippen LogP contribution in [0.4, 0.5) is 5.69 Å². The Morgan fingerprint density at radius 1 is 1.52 bits per heavy atom. The minimum Gasteiger partial charge on any atom is -0.325 e. The van der Waals surface area contributed by atoms with Gasteiger partial charge in [0.05, 0.1) is 10.7 Å². The number of anilines is 1. The molecule has 4 nitrogen and oxygen atoms in total. The summed E-state index contributed by atoms with van der Waals surface area (Å²) in [5.41, 5.74) is 6.59. The summed E-state index contributed by atoms with van der Waals surface area (Å²) in [6, 6.07) is 5.47. The lowest BCUT2D eigenvalue weighted by molar-refractivity contribution is 0.102. The lowest BCUT2D eigenvalue weighted by Gasteiger charge is -2.13. The third kappa shape index (κ3) is 4.20. The second-order valence-corrected chi connectivity index (χ2v) is 7.50. The fourth-order valence-corrected chi connectivity index (χ4v) is 3.52. The molecule has 0 saturated carbocycles. The number of nitrogens with zero attached hydrogens (tertiary/aromatic N) is 1. The molecule has 0 aliphatic carbocycles. The number of carbonyl (C=O) groups is 1. The maximum atomic E-state index is 12.2. The molecule has 0 fully saturated rings. The molecular weight excluding hydrogens is 326 g/mol. The van der Waals surface area contributed by atoms with Crippen LogP contribution >= 0.6 is 34.7 Å². The van der Waals surface area contributed by atoms with E-state index in [-0.39, 0.29) is 5.91 Å². The van der Waals surface area contributed by atoms with E-state index in [2.05, 4.69) is 24.1 Å². The summed E-state index contributed by atoms with van der Waals surface area (Å²) in [7, 11) is 0. The van der Waals surface area contributed by atoms with Crippen LogP contribution in [0.3, 0.4) is 0 Å². The van der Waals surface area contributed by atoms with Crippen LogP contribution in [0.2, 0.25) is 5.02 Å². The fourth-order valence-electron chi connectivity index (χ4n) is 1.66. The molecule has 0 bridgehead atoms. The number of nitrogens with one attached hydrogen (secondary N) is 1. The highest BCUT2D eigenvalue weighted by Gasteiger charge is 2.15. The summed E-state index contributed by atoms with van der Waals surface area (Å²) in [5, 5.41) is 6.31. The van der Waals surface area contributed by atoms with Gasteiger partial charge in [0.1, 0.15) is 10.7 Å². The minimum atomic E-state index is -0.251. The van der Waals surface area contributed by atoms with Gasteiger partial charge in [0.15, 0.2) is 0 Å². The molecule has 2 aromatic rings. The molecule has 0 saturated heterocycles. The van der Waals surface area contributed by atoms with Crippen LogP contribution < -0.4 is 11.1 Å². The number of halogens is 1. The van der Waals surface area contributed by atoms with Gasteiger partial charge in [-0.1, -0.05) is 31.5 Å². The van der Waals surface area contributed by atoms with Gasteiger partial charge in [0.25, 0.3) is 5.91 Å². The van der Waals surface area contributed by atoms with Gasteiger partial charge >= 0.3 is 0 Å². The number of thioether (sulfide) groups is 1. The van der Waals surface area contributed by atoms with Crippen LogP contribution in [0.1, 0.15) is 29.3 Å². The smallest absolute Gasteiger partial charge is 0.275 e. The predicted molar refractivity (Wildman–Crippen MR) is 90.4 cm³/mol. The molecule has 1 aromatic carbocycles. The highest BCUT2D eigenvalue weighted by molar-refractivity contribution is 8.00. The first-order chi connectivity index (χ1) is 10.0. The molecule has 1 heterocycles. The van der Waals surface area contributed by atoms with E-state index in [1.54, 1.807) is 17.1 Å². The second-order valence-electron chi connectivity index (χ2n) is 4.57. The van der Waals surface area contributed by atoms with E-state index < -0.39 is 0 Å². The quantitative estimate of drug-likeness (QED) is 0.806. The van der Waals surface area contributed by atoms with E-state index in [1.165, 1.54) is 11.3 Å². The van der Waals surface area contributed by atoms with E-state index in [9.17, 15) is 4.79 Å². The molecule has 0 radical (unpaired) electrons. The number of benzene rings is 1. The van der Waals surface area contributed by atoms with Crippen LogP contribution in [0.15, 0.2) is 28.5 Å². The molecular formula is C14H16ClN3OS2. The van der Waals surface area contributed by atoms with Crippen LogP contribution in [-0.2, 0) is 6.54 Å². The first kappa shape index (κ1) is 16.3. The van der Waals surface area contributed by atoms with Gasteiger partial charge in [-0.25, -0.2) is 4.98 Å². The Balaban J connectivity index is 2.22. The van der Waals surface area contributed by atoms with Crippen molar-refractivity contribution >= 4 is 46.3 Å². The summed E-state index contributed by atoms with van der Waals surface area (Å²) >= 11 is 9.22. The summed E-state index contributed by atoms with van der Waals surface area (Å²) in [6.07, 6.45) is 0. The summed E-state index contributed by atoms with van der Waals surface area (Å²) in [4.78, 5) is 17.3. The van der Waals surface area contributed by atoms with Crippen LogP contribution in [0.25, 0.3) is 0 Å². The van der Waals surface area contributed by atoms with Crippen molar-refractivity contribution in [1.82, 2.24) is 4.98 Å². The number of amides is 1. The number of nitrogens with two attached hydrogens (primary N) is 1. The van der Waals surface area contributed by atoms with E-state index in [0.717, 1.165) is 9.90 Å². The van der Waals surface area contributed by atoms with Crippen molar-refractivity contribution in [3.05, 3.63) is 39.3 Å². The average Bonchev–Trinajstić information content (AvgIpc) is 2.91. The van der Waals surface area contributed by atoms with Gasteiger partial charge < -0.3 is 11.1 Å². The van der Waals surface area contributed by atoms with Crippen molar-refractivity contribution in [3.8, 4) is 0 Å². The fraction of sp³-hybridized carbons (Fsp3) is 0.286. The SMILES string of the molecule is CC(C)Sc1c(Cl)cccc1NC(=O)c1csc(CN)n1. The minimum absolute atomic E-state index is 0.251. The van der Waals surface area contributed by atoms with E-state index in [1.807, 2.05) is 18.2 Å². The molecule has 112 valence electrons. The number of hydrogen-bond donors (Lipinski definition) is 2. The van der Waals surface area contributed by atoms with E-state index in [0.29, 0.717) is 28.2 Å². The normalized spacial score (nSPS) is 10.9. The molecule has 1 amide bonds. The van der Waals surface area contributed by atoms with Crippen molar-refractivity contribution in [2.24, 2.45) is 5.73 Å². The summed E-state index contributed by atoms with van der Waals surface area (Å²) < 4.78 is 0. The zero-order valence-electron chi connectivity index (χ0n) is 11.7. The van der Waals surface area contributed by atoms with Crippen molar-refractivity contribution < 1.29 is 4.79 Å².